The Morgan fingerprint density at radius 3 is 2.48 bits per heavy atom. The maximum absolute atomic E-state index is 12.4. The smallest absolute Gasteiger partial charge is 0.247 e. The summed E-state index contributed by atoms with van der Waals surface area (Å²) in [7, 11) is 1.67. The molecule has 0 bridgehead atoms. The highest BCUT2D eigenvalue weighted by Gasteiger charge is 2.35. The molecule has 0 N–H and O–H groups in total. The third-order valence-corrected chi connectivity index (χ3v) is 3.81. The molecule has 0 aromatic carbocycles. The van der Waals surface area contributed by atoms with Crippen molar-refractivity contribution in [1.82, 2.24) is 19.6 Å². The van der Waals surface area contributed by atoms with Crippen LogP contribution in [-0.4, -0.2) is 57.1 Å². The largest absolute Gasteiger partial charge is 0.336 e. The van der Waals surface area contributed by atoms with E-state index in [9.17, 15) is 9.59 Å². The quantitative estimate of drug-likeness (QED) is 0.794. The Balaban J connectivity index is 1.95. The van der Waals surface area contributed by atoms with Gasteiger partial charge in [0.05, 0.1) is 6.54 Å². The van der Waals surface area contributed by atoms with Crippen molar-refractivity contribution in [3.63, 3.8) is 0 Å². The van der Waals surface area contributed by atoms with E-state index in [1.54, 1.807) is 37.1 Å². The minimum Gasteiger partial charge on any atom is -0.336 e. The topological polar surface area (TPSA) is 58.4 Å². The lowest BCUT2D eigenvalue weighted by atomic mass is 10.2. The van der Waals surface area contributed by atoms with Gasteiger partial charge in [0.25, 0.3) is 0 Å². The van der Waals surface area contributed by atoms with Crippen LogP contribution < -0.4 is 0 Å². The highest BCUT2D eigenvalue weighted by molar-refractivity contribution is 5.86. The summed E-state index contributed by atoms with van der Waals surface area (Å²) in [6, 6.07) is 1.93. The molecule has 1 unspecified atom stereocenters. The highest BCUT2D eigenvalue weighted by atomic mass is 16.2. The third kappa shape index (κ3) is 3.62. The van der Waals surface area contributed by atoms with E-state index in [0.717, 1.165) is 12.8 Å². The summed E-state index contributed by atoms with van der Waals surface area (Å²) in [4.78, 5) is 28.1. The predicted octanol–water partition coefficient (Wildman–Crippen LogP) is 1.30. The molecule has 0 spiro atoms. The first-order chi connectivity index (χ1) is 9.91. The molecule has 116 valence electrons. The van der Waals surface area contributed by atoms with Gasteiger partial charge in [-0.2, -0.15) is 5.10 Å². The monoisotopic (exact) mass is 292 g/mol. The maximum atomic E-state index is 12.4. The van der Waals surface area contributed by atoms with Gasteiger partial charge in [-0.15, -0.1) is 0 Å². The SMILES string of the molecule is CC(C)N(C(=O)CN(C)C(=O)C(C)n1cccn1)C1CC1. The van der Waals surface area contributed by atoms with Crippen molar-refractivity contribution in [1.29, 1.82) is 0 Å². The number of aromatic nitrogens is 2. The first-order valence-electron chi connectivity index (χ1n) is 7.47. The van der Waals surface area contributed by atoms with Crippen LogP contribution in [0.1, 0.15) is 39.7 Å². The summed E-state index contributed by atoms with van der Waals surface area (Å²) in [5, 5.41) is 4.07. The summed E-state index contributed by atoms with van der Waals surface area (Å²) in [6.45, 7) is 5.95. The average Bonchev–Trinajstić information content (AvgIpc) is 3.08. The standard InChI is InChI=1S/C15H24N4O2/c1-11(2)19(13-6-7-13)14(20)10-17(4)15(21)12(3)18-9-5-8-16-18/h5,8-9,11-13H,6-7,10H2,1-4H3. The van der Waals surface area contributed by atoms with Gasteiger partial charge in [0.1, 0.15) is 6.04 Å². The van der Waals surface area contributed by atoms with E-state index in [1.165, 1.54) is 4.90 Å². The number of likely N-dealkylation sites (N-methyl/N-ethyl adjacent to an activating group) is 1. The van der Waals surface area contributed by atoms with E-state index in [4.69, 9.17) is 0 Å². The second-order valence-electron chi connectivity index (χ2n) is 5.98. The Morgan fingerprint density at radius 1 is 1.33 bits per heavy atom. The Bertz CT molecular complexity index is 492. The fourth-order valence-corrected chi connectivity index (χ4v) is 2.57. The van der Waals surface area contributed by atoms with Gasteiger partial charge in [-0.05, 0) is 39.7 Å². The fraction of sp³-hybridized carbons (Fsp3) is 0.667. The van der Waals surface area contributed by atoms with E-state index in [2.05, 4.69) is 5.10 Å². The lowest BCUT2D eigenvalue weighted by Gasteiger charge is -2.29. The van der Waals surface area contributed by atoms with Crippen LogP contribution in [0.15, 0.2) is 18.5 Å². The van der Waals surface area contributed by atoms with Crippen LogP contribution in [0.2, 0.25) is 0 Å². The van der Waals surface area contributed by atoms with Crippen molar-refractivity contribution in [2.75, 3.05) is 13.6 Å². The molecule has 0 aliphatic heterocycles. The first-order valence-corrected chi connectivity index (χ1v) is 7.47. The van der Waals surface area contributed by atoms with Crippen LogP contribution in [0.25, 0.3) is 0 Å². The Labute approximate surface area is 125 Å². The van der Waals surface area contributed by atoms with E-state index in [1.807, 2.05) is 18.7 Å². The summed E-state index contributed by atoms with van der Waals surface area (Å²) in [5.74, 6) is -0.0810. The summed E-state index contributed by atoms with van der Waals surface area (Å²) < 4.78 is 1.60. The lowest BCUT2D eigenvalue weighted by molar-refractivity contribution is -0.142. The van der Waals surface area contributed by atoms with Crippen molar-refractivity contribution >= 4 is 11.8 Å². The van der Waals surface area contributed by atoms with Gasteiger partial charge in [-0.3, -0.25) is 14.3 Å². The van der Waals surface area contributed by atoms with Crippen molar-refractivity contribution in [2.45, 2.75) is 51.7 Å². The predicted molar refractivity (Wildman–Crippen MR) is 79.6 cm³/mol. The molecule has 1 aliphatic carbocycles. The summed E-state index contributed by atoms with van der Waals surface area (Å²) >= 11 is 0. The van der Waals surface area contributed by atoms with Gasteiger partial charge < -0.3 is 9.80 Å². The van der Waals surface area contributed by atoms with Gasteiger partial charge in [0.2, 0.25) is 11.8 Å². The highest BCUT2D eigenvalue weighted by Crippen LogP contribution is 2.28. The molecule has 21 heavy (non-hydrogen) atoms. The zero-order valence-electron chi connectivity index (χ0n) is 13.2. The summed E-state index contributed by atoms with van der Waals surface area (Å²) in [5.41, 5.74) is 0. The van der Waals surface area contributed by atoms with Crippen LogP contribution >= 0.6 is 0 Å². The van der Waals surface area contributed by atoms with Gasteiger partial charge in [-0.25, -0.2) is 0 Å². The van der Waals surface area contributed by atoms with E-state index in [-0.39, 0.29) is 24.4 Å². The molecule has 1 aromatic heterocycles. The maximum Gasteiger partial charge on any atom is 0.247 e. The summed E-state index contributed by atoms with van der Waals surface area (Å²) in [6.07, 6.45) is 5.54. The second-order valence-corrected chi connectivity index (χ2v) is 5.98. The van der Waals surface area contributed by atoms with E-state index < -0.39 is 6.04 Å². The Morgan fingerprint density at radius 2 is 2.00 bits per heavy atom. The van der Waals surface area contributed by atoms with Crippen molar-refractivity contribution in [3.8, 4) is 0 Å². The van der Waals surface area contributed by atoms with Crippen LogP contribution in [0.3, 0.4) is 0 Å². The molecular weight excluding hydrogens is 268 g/mol. The molecule has 1 aromatic rings. The number of carbonyl (C=O) groups is 2. The Hall–Kier alpha value is -1.85. The van der Waals surface area contributed by atoms with E-state index >= 15 is 0 Å². The normalized spacial score (nSPS) is 15.9. The van der Waals surface area contributed by atoms with Gasteiger partial charge in [0.15, 0.2) is 0 Å². The molecule has 0 saturated heterocycles. The van der Waals surface area contributed by atoms with Crippen molar-refractivity contribution in [2.24, 2.45) is 0 Å². The number of hydrogen-bond donors (Lipinski definition) is 0. The average molecular weight is 292 g/mol. The number of carbonyl (C=O) groups excluding carboxylic acids is 2. The second kappa shape index (κ2) is 6.28. The van der Waals surface area contributed by atoms with Crippen LogP contribution in [0.5, 0.6) is 0 Å². The molecule has 1 atom stereocenters. The molecule has 1 heterocycles. The fourth-order valence-electron chi connectivity index (χ4n) is 2.57. The number of nitrogens with zero attached hydrogens (tertiary/aromatic N) is 4. The lowest BCUT2D eigenvalue weighted by Crippen LogP contribution is -2.46. The Kier molecular flexibility index (Phi) is 4.65. The van der Waals surface area contributed by atoms with Crippen LogP contribution in [-0.2, 0) is 9.59 Å². The first kappa shape index (κ1) is 15.5. The van der Waals surface area contributed by atoms with Crippen LogP contribution in [0, 0.1) is 0 Å². The minimum absolute atomic E-state index is 0.0241. The van der Waals surface area contributed by atoms with Crippen molar-refractivity contribution < 1.29 is 9.59 Å². The molecule has 6 nitrogen and oxygen atoms in total. The molecule has 2 rings (SSSR count). The third-order valence-electron chi connectivity index (χ3n) is 3.81. The van der Waals surface area contributed by atoms with Gasteiger partial charge >= 0.3 is 0 Å². The minimum atomic E-state index is -0.397. The van der Waals surface area contributed by atoms with Gasteiger partial charge in [0, 0.05) is 31.5 Å². The molecule has 0 radical (unpaired) electrons. The van der Waals surface area contributed by atoms with E-state index in [0.29, 0.717) is 6.04 Å². The zero-order valence-corrected chi connectivity index (χ0v) is 13.2. The van der Waals surface area contributed by atoms with Crippen LogP contribution in [0.4, 0.5) is 0 Å². The molecule has 1 saturated carbocycles. The van der Waals surface area contributed by atoms with Gasteiger partial charge in [-0.1, -0.05) is 0 Å². The number of rotatable bonds is 6. The molecule has 6 heteroatoms. The number of amides is 2. The molecular formula is C15H24N4O2. The number of hydrogen-bond acceptors (Lipinski definition) is 3. The van der Waals surface area contributed by atoms with Crippen molar-refractivity contribution in [3.05, 3.63) is 18.5 Å². The molecule has 2 amide bonds. The molecule has 1 fully saturated rings. The zero-order chi connectivity index (χ0) is 15.6. The molecule has 1 aliphatic rings.